The molecule has 3 heterocycles. The molecule has 1 N–H and O–H groups in total. The van der Waals surface area contributed by atoms with Crippen LogP contribution in [-0.4, -0.2) is 68.3 Å². The summed E-state index contributed by atoms with van der Waals surface area (Å²) < 4.78 is 34.1. The summed E-state index contributed by atoms with van der Waals surface area (Å²) in [7, 11) is -3.82. The van der Waals surface area contributed by atoms with Gasteiger partial charge in [-0.2, -0.15) is 0 Å². The monoisotopic (exact) mass is 579 g/mol. The molecule has 2 aliphatic heterocycles. The molecule has 222 valence electrons. The van der Waals surface area contributed by atoms with Gasteiger partial charge in [-0.05, 0) is 82.0 Å². The van der Waals surface area contributed by atoms with Crippen molar-refractivity contribution < 1.29 is 18.3 Å². The number of unbranched alkanes of at least 4 members (excludes halogenated alkanes) is 4. The number of fused-ring (bicyclic) bond motifs is 1. The van der Waals surface area contributed by atoms with Crippen molar-refractivity contribution in [1.82, 2.24) is 9.88 Å². The average Bonchev–Trinajstić information content (AvgIpc) is 2.98. The van der Waals surface area contributed by atoms with Crippen LogP contribution in [0.2, 0.25) is 0 Å². The molecule has 8 heteroatoms. The Morgan fingerprint density at radius 2 is 1.73 bits per heavy atom. The van der Waals surface area contributed by atoms with Crippen molar-refractivity contribution in [3.05, 3.63) is 54.2 Å². The van der Waals surface area contributed by atoms with Crippen LogP contribution >= 0.6 is 0 Å². The summed E-state index contributed by atoms with van der Waals surface area (Å²) >= 11 is 0. The first-order valence-electron chi connectivity index (χ1n) is 15.4. The van der Waals surface area contributed by atoms with Gasteiger partial charge in [-0.3, -0.25) is 9.88 Å². The molecule has 5 rings (SSSR count). The summed E-state index contributed by atoms with van der Waals surface area (Å²) in [6, 6.07) is 13.3. The first-order chi connectivity index (χ1) is 19.9. The lowest BCUT2D eigenvalue weighted by Gasteiger charge is -2.42. The molecule has 0 aliphatic carbocycles. The topological polar surface area (TPSA) is 83.0 Å². The van der Waals surface area contributed by atoms with Crippen LogP contribution in [0.15, 0.2) is 58.5 Å². The summed E-state index contributed by atoms with van der Waals surface area (Å²) in [6.07, 6.45) is 10.9. The van der Waals surface area contributed by atoms with Gasteiger partial charge < -0.3 is 14.7 Å². The molecule has 0 bridgehead atoms. The van der Waals surface area contributed by atoms with Gasteiger partial charge in [0.15, 0.2) is 0 Å². The van der Waals surface area contributed by atoms with E-state index in [1.807, 2.05) is 19.1 Å². The third kappa shape index (κ3) is 7.04. The number of pyridine rings is 1. The van der Waals surface area contributed by atoms with Crippen molar-refractivity contribution in [1.29, 1.82) is 0 Å². The summed E-state index contributed by atoms with van der Waals surface area (Å²) in [6.45, 7) is 8.16. The molecule has 0 radical (unpaired) electrons. The van der Waals surface area contributed by atoms with Gasteiger partial charge in [-0.25, -0.2) is 8.42 Å². The van der Waals surface area contributed by atoms with Crippen molar-refractivity contribution in [3.8, 4) is 5.75 Å². The normalized spacial score (nSPS) is 19.1. The predicted octanol–water partition coefficient (Wildman–Crippen LogP) is 6.15. The Labute approximate surface area is 245 Å². The van der Waals surface area contributed by atoms with Crippen molar-refractivity contribution in [2.75, 3.05) is 37.7 Å². The molecule has 1 aromatic heterocycles. The summed E-state index contributed by atoms with van der Waals surface area (Å²) in [5.74, 6) is 0.692. The van der Waals surface area contributed by atoms with Crippen LogP contribution in [0.4, 0.5) is 5.69 Å². The highest BCUT2D eigenvalue weighted by molar-refractivity contribution is 7.91. The number of piperidine rings is 2. The molecule has 2 fully saturated rings. The van der Waals surface area contributed by atoms with Crippen LogP contribution in [0.25, 0.3) is 10.9 Å². The quantitative estimate of drug-likeness (QED) is 0.273. The number of β-amino-alcohol motifs (C(OH)–C–C–N with tert-alkyl or cyclic N) is 1. The van der Waals surface area contributed by atoms with Gasteiger partial charge >= 0.3 is 0 Å². The van der Waals surface area contributed by atoms with Crippen molar-refractivity contribution >= 4 is 26.4 Å². The Kier molecular flexibility index (Phi) is 9.83. The molecule has 0 amide bonds. The van der Waals surface area contributed by atoms with E-state index in [0.29, 0.717) is 18.4 Å². The number of aryl methyl sites for hydroxylation is 1. The largest absolute Gasteiger partial charge is 0.494 e. The number of benzene rings is 2. The lowest BCUT2D eigenvalue weighted by atomic mass is 9.98. The second-order valence-electron chi connectivity index (χ2n) is 11.7. The van der Waals surface area contributed by atoms with Gasteiger partial charge in [0.25, 0.3) is 0 Å². The lowest BCUT2D eigenvalue weighted by molar-refractivity contribution is 0.0398. The average molecular weight is 580 g/mol. The van der Waals surface area contributed by atoms with E-state index in [0.717, 1.165) is 86.9 Å². The van der Waals surface area contributed by atoms with E-state index in [2.05, 4.69) is 27.8 Å². The Bertz CT molecular complexity index is 1400. The molecular formula is C33H45N3O4S. The number of aromatic nitrogens is 1. The fourth-order valence-corrected chi connectivity index (χ4v) is 7.74. The number of hydrogen-bond acceptors (Lipinski definition) is 7. The Hall–Kier alpha value is -2.68. The number of sulfone groups is 1. The molecule has 1 atom stereocenters. The highest BCUT2D eigenvalue weighted by atomic mass is 32.2. The maximum absolute atomic E-state index is 14.1. The van der Waals surface area contributed by atoms with E-state index in [9.17, 15) is 13.5 Å². The number of likely N-dealkylation sites (tertiary alicyclic amines) is 1. The number of anilines is 1. The van der Waals surface area contributed by atoms with E-state index in [4.69, 9.17) is 4.74 Å². The Morgan fingerprint density at radius 1 is 0.976 bits per heavy atom. The SMILES string of the molecule is CCCCCCCOc1ccc(S(=O)(=O)c2cnc3ccc(C)cc3c2N2CCC(N3CCCC(O)C3)CC2)cc1. The van der Waals surface area contributed by atoms with Gasteiger partial charge in [0.1, 0.15) is 10.6 Å². The zero-order valence-corrected chi connectivity index (χ0v) is 25.4. The number of nitrogens with zero attached hydrogens (tertiary/aromatic N) is 3. The molecule has 41 heavy (non-hydrogen) atoms. The Balaban J connectivity index is 1.38. The minimum absolute atomic E-state index is 0.242. The van der Waals surface area contributed by atoms with E-state index in [1.54, 1.807) is 24.3 Å². The number of ether oxygens (including phenoxy) is 1. The van der Waals surface area contributed by atoms with Crippen LogP contribution in [0, 0.1) is 6.92 Å². The minimum atomic E-state index is -3.82. The van der Waals surface area contributed by atoms with Crippen LogP contribution in [-0.2, 0) is 9.84 Å². The molecule has 2 saturated heterocycles. The first-order valence-corrected chi connectivity index (χ1v) is 16.9. The molecule has 0 saturated carbocycles. The summed E-state index contributed by atoms with van der Waals surface area (Å²) in [5, 5.41) is 11.1. The number of aliphatic hydroxyl groups is 1. The van der Waals surface area contributed by atoms with Gasteiger partial charge in [0.2, 0.25) is 9.84 Å². The first kappa shape index (κ1) is 29.8. The minimum Gasteiger partial charge on any atom is -0.494 e. The number of aliphatic hydroxyl groups excluding tert-OH is 1. The van der Waals surface area contributed by atoms with Crippen molar-refractivity contribution in [2.45, 2.75) is 93.6 Å². The predicted molar refractivity (Wildman–Crippen MR) is 165 cm³/mol. The highest BCUT2D eigenvalue weighted by Gasteiger charge is 2.32. The fraction of sp³-hybridized carbons (Fsp3) is 0.545. The molecule has 1 unspecified atom stereocenters. The second kappa shape index (κ2) is 13.5. The van der Waals surface area contributed by atoms with E-state index in [1.165, 1.54) is 25.5 Å². The van der Waals surface area contributed by atoms with Crippen LogP contribution in [0.1, 0.15) is 70.3 Å². The van der Waals surface area contributed by atoms with Crippen LogP contribution in [0.5, 0.6) is 5.75 Å². The maximum Gasteiger partial charge on any atom is 0.210 e. The standard InChI is InChI=1S/C33H45N3O4S/c1-3-4-5-6-7-21-40-28-11-13-29(14-12-28)41(38,39)32-23-34-31-15-10-25(2)22-30(31)33(32)35-19-16-26(17-20-35)36-18-8-9-27(37)24-36/h10-15,22-23,26-27,37H,3-9,16-21,24H2,1-2H3. The number of rotatable bonds is 11. The third-order valence-electron chi connectivity index (χ3n) is 8.63. The zero-order valence-electron chi connectivity index (χ0n) is 24.6. The van der Waals surface area contributed by atoms with Gasteiger partial charge in [-0.15, -0.1) is 0 Å². The van der Waals surface area contributed by atoms with E-state index >= 15 is 0 Å². The molecule has 7 nitrogen and oxygen atoms in total. The Morgan fingerprint density at radius 3 is 2.46 bits per heavy atom. The second-order valence-corrected chi connectivity index (χ2v) is 13.7. The van der Waals surface area contributed by atoms with Gasteiger partial charge in [-0.1, -0.05) is 44.2 Å². The number of hydrogen-bond donors (Lipinski definition) is 1. The molecule has 2 aromatic carbocycles. The van der Waals surface area contributed by atoms with Crippen LogP contribution in [0.3, 0.4) is 0 Å². The maximum atomic E-state index is 14.1. The van der Waals surface area contributed by atoms with E-state index in [-0.39, 0.29) is 15.9 Å². The van der Waals surface area contributed by atoms with Gasteiger partial charge in [0, 0.05) is 37.3 Å². The highest BCUT2D eigenvalue weighted by Crippen LogP contribution is 2.38. The van der Waals surface area contributed by atoms with Crippen LogP contribution < -0.4 is 9.64 Å². The van der Waals surface area contributed by atoms with Gasteiger partial charge in [0.05, 0.1) is 28.8 Å². The molecule has 0 spiro atoms. The van der Waals surface area contributed by atoms with Crippen molar-refractivity contribution in [2.24, 2.45) is 0 Å². The molecule has 2 aliphatic rings. The third-order valence-corrected chi connectivity index (χ3v) is 10.4. The van der Waals surface area contributed by atoms with E-state index < -0.39 is 9.84 Å². The molecule has 3 aromatic rings. The molecular weight excluding hydrogens is 534 g/mol. The smallest absolute Gasteiger partial charge is 0.210 e. The lowest BCUT2D eigenvalue weighted by Crippen LogP contribution is -2.49. The van der Waals surface area contributed by atoms with Crippen molar-refractivity contribution in [3.63, 3.8) is 0 Å². The summed E-state index contributed by atoms with van der Waals surface area (Å²) in [5.41, 5.74) is 2.63. The zero-order chi connectivity index (χ0) is 28.8. The fourth-order valence-electron chi connectivity index (χ4n) is 6.30. The summed E-state index contributed by atoms with van der Waals surface area (Å²) in [4.78, 5) is 9.76.